The number of imide groups is 1. The average molecular weight is 460 g/mol. The number of hydrogen-bond acceptors (Lipinski definition) is 7. The highest BCUT2D eigenvalue weighted by Gasteiger charge is 2.35. The van der Waals surface area contributed by atoms with E-state index in [1.807, 2.05) is 0 Å². The lowest BCUT2D eigenvalue weighted by atomic mass is 10.1. The quantitative estimate of drug-likeness (QED) is 0.373. The van der Waals surface area contributed by atoms with Crippen molar-refractivity contribution in [2.45, 2.75) is 6.54 Å². The van der Waals surface area contributed by atoms with Crippen molar-refractivity contribution in [1.82, 2.24) is 4.90 Å². The summed E-state index contributed by atoms with van der Waals surface area (Å²) in [5, 5.41) is 11.5. The number of nitrogens with zero attached hydrogens (tertiary/aromatic N) is 3. The highest BCUT2D eigenvalue weighted by atomic mass is 35.5. The molecule has 160 valence electrons. The second-order valence-electron chi connectivity index (χ2n) is 6.99. The Morgan fingerprint density at radius 3 is 2.52 bits per heavy atom. The van der Waals surface area contributed by atoms with E-state index in [0.29, 0.717) is 36.9 Å². The Bertz CT molecular complexity index is 1070. The molecule has 2 amide bonds. The summed E-state index contributed by atoms with van der Waals surface area (Å²) in [6.07, 6.45) is 1.56. The van der Waals surface area contributed by atoms with Crippen LogP contribution < -0.4 is 4.90 Å². The number of non-ortho nitro benzene ring substituents is 1. The normalized spacial score (nSPS) is 18.2. The molecule has 2 aromatic carbocycles. The van der Waals surface area contributed by atoms with Gasteiger partial charge in [-0.1, -0.05) is 23.7 Å². The fourth-order valence-electron chi connectivity index (χ4n) is 3.41. The summed E-state index contributed by atoms with van der Waals surface area (Å²) in [5.74, 6) is -0.426. The van der Waals surface area contributed by atoms with Gasteiger partial charge in [0, 0.05) is 41.5 Å². The highest BCUT2D eigenvalue weighted by Crippen LogP contribution is 2.36. The van der Waals surface area contributed by atoms with Gasteiger partial charge in [-0.3, -0.25) is 24.6 Å². The molecule has 10 heteroatoms. The van der Waals surface area contributed by atoms with Crippen molar-refractivity contribution >= 4 is 52.0 Å². The van der Waals surface area contributed by atoms with Crippen molar-refractivity contribution in [1.29, 1.82) is 0 Å². The predicted octanol–water partition coefficient (Wildman–Crippen LogP) is 4.32. The first-order chi connectivity index (χ1) is 14.9. The molecule has 2 fully saturated rings. The molecular weight excluding hydrogens is 442 g/mol. The van der Waals surface area contributed by atoms with Crippen LogP contribution in [0.5, 0.6) is 0 Å². The van der Waals surface area contributed by atoms with Gasteiger partial charge in [0.15, 0.2) is 0 Å². The second kappa shape index (κ2) is 9.09. The summed E-state index contributed by atoms with van der Waals surface area (Å²) >= 11 is 6.72. The molecule has 0 bridgehead atoms. The highest BCUT2D eigenvalue weighted by molar-refractivity contribution is 8.18. The van der Waals surface area contributed by atoms with Gasteiger partial charge >= 0.3 is 0 Å². The zero-order valence-electron chi connectivity index (χ0n) is 16.3. The van der Waals surface area contributed by atoms with Crippen molar-refractivity contribution in [3.8, 4) is 0 Å². The smallest absolute Gasteiger partial charge is 0.293 e. The minimum Gasteiger partial charge on any atom is -0.378 e. The lowest BCUT2D eigenvalue weighted by Gasteiger charge is -2.30. The molecule has 0 atom stereocenters. The van der Waals surface area contributed by atoms with Crippen molar-refractivity contribution in [3.05, 3.63) is 73.6 Å². The van der Waals surface area contributed by atoms with Gasteiger partial charge in [-0.15, -0.1) is 0 Å². The van der Waals surface area contributed by atoms with E-state index in [4.69, 9.17) is 16.3 Å². The molecule has 2 aromatic rings. The number of nitro groups is 1. The third kappa shape index (κ3) is 4.73. The number of carbonyl (C=O) groups is 2. The second-order valence-corrected chi connectivity index (χ2v) is 8.42. The number of benzene rings is 2. The van der Waals surface area contributed by atoms with Gasteiger partial charge in [-0.05, 0) is 41.6 Å². The molecule has 0 saturated carbocycles. The van der Waals surface area contributed by atoms with Crippen molar-refractivity contribution in [3.63, 3.8) is 0 Å². The van der Waals surface area contributed by atoms with Crippen molar-refractivity contribution in [2.75, 3.05) is 31.2 Å². The van der Waals surface area contributed by atoms with Crippen LogP contribution in [0.15, 0.2) is 47.4 Å². The Morgan fingerprint density at radius 2 is 1.84 bits per heavy atom. The molecule has 4 rings (SSSR count). The van der Waals surface area contributed by atoms with E-state index in [9.17, 15) is 19.7 Å². The van der Waals surface area contributed by atoms with Gasteiger partial charge in [-0.2, -0.15) is 0 Å². The molecule has 0 radical (unpaired) electrons. The number of rotatable bonds is 5. The Morgan fingerprint density at radius 1 is 1.13 bits per heavy atom. The van der Waals surface area contributed by atoms with E-state index < -0.39 is 10.8 Å². The monoisotopic (exact) mass is 459 g/mol. The maximum atomic E-state index is 12.9. The summed E-state index contributed by atoms with van der Waals surface area (Å²) in [7, 11) is 0. The molecule has 31 heavy (non-hydrogen) atoms. The maximum Gasteiger partial charge on any atom is 0.293 e. The number of carbonyl (C=O) groups excluding carboxylic acids is 2. The molecule has 0 N–H and O–H groups in total. The zero-order chi connectivity index (χ0) is 22.0. The van der Waals surface area contributed by atoms with Crippen LogP contribution in [0.1, 0.15) is 11.1 Å². The van der Waals surface area contributed by atoms with Gasteiger partial charge < -0.3 is 9.64 Å². The van der Waals surface area contributed by atoms with Crippen LogP contribution in [-0.2, 0) is 16.1 Å². The SMILES string of the molecule is O=C1S/C(=C\c2cc([N+](=O)[O-])ccc2N2CCOCC2)C(=O)N1Cc1ccc(Cl)cc1. The summed E-state index contributed by atoms with van der Waals surface area (Å²) in [6, 6.07) is 11.4. The van der Waals surface area contributed by atoms with Gasteiger partial charge in [0.25, 0.3) is 16.8 Å². The number of anilines is 1. The number of ether oxygens (including phenoxy) is 1. The lowest BCUT2D eigenvalue weighted by Crippen LogP contribution is -2.36. The van der Waals surface area contributed by atoms with Crippen LogP contribution in [0.3, 0.4) is 0 Å². The molecule has 0 unspecified atom stereocenters. The fraction of sp³-hybridized carbons (Fsp3) is 0.238. The largest absolute Gasteiger partial charge is 0.378 e. The first-order valence-corrected chi connectivity index (χ1v) is 10.7. The van der Waals surface area contributed by atoms with Crippen LogP contribution in [0.4, 0.5) is 16.2 Å². The van der Waals surface area contributed by atoms with Crippen molar-refractivity contribution in [2.24, 2.45) is 0 Å². The number of hydrogen-bond donors (Lipinski definition) is 0. The Labute approximate surface area is 187 Å². The first-order valence-electron chi connectivity index (χ1n) is 9.53. The van der Waals surface area contributed by atoms with E-state index in [1.54, 1.807) is 36.4 Å². The van der Waals surface area contributed by atoms with E-state index in [1.165, 1.54) is 12.1 Å². The number of morpholine rings is 1. The Kier molecular flexibility index (Phi) is 6.26. The third-order valence-electron chi connectivity index (χ3n) is 4.99. The molecular formula is C21H18ClN3O5S. The van der Waals surface area contributed by atoms with Crippen LogP contribution in [0, 0.1) is 10.1 Å². The summed E-state index contributed by atoms with van der Waals surface area (Å²) in [4.78, 5) is 39.6. The number of halogens is 1. The number of amides is 2. The Hall–Kier alpha value is -2.88. The first kappa shape index (κ1) is 21.4. The summed E-state index contributed by atoms with van der Waals surface area (Å²) in [5.41, 5.74) is 1.98. The molecule has 2 saturated heterocycles. The minimum absolute atomic E-state index is 0.0800. The molecule has 2 heterocycles. The van der Waals surface area contributed by atoms with Crippen LogP contribution in [0.2, 0.25) is 5.02 Å². The Balaban J connectivity index is 1.64. The molecule has 0 spiro atoms. The predicted molar refractivity (Wildman–Crippen MR) is 119 cm³/mol. The zero-order valence-corrected chi connectivity index (χ0v) is 17.9. The number of nitro benzene ring substituents is 1. The van der Waals surface area contributed by atoms with Crippen LogP contribution in [0.25, 0.3) is 6.08 Å². The maximum absolute atomic E-state index is 12.9. The van der Waals surface area contributed by atoms with E-state index in [2.05, 4.69) is 4.90 Å². The van der Waals surface area contributed by atoms with E-state index >= 15 is 0 Å². The minimum atomic E-state index is -0.479. The van der Waals surface area contributed by atoms with Gasteiger partial charge in [0.1, 0.15) is 0 Å². The van der Waals surface area contributed by atoms with Crippen LogP contribution >= 0.6 is 23.4 Å². The van der Waals surface area contributed by atoms with Gasteiger partial charge in [0.2, 0.25) is 0 Å². The average Bonchev–Trinajstić information content (AvgIpc) is 3.03. The van der Waals surface area contributed by atoms with Gasteiger partial charge in [0.05, 0.1) is 29.6 Å². The summed E-state index contributed by atoms with van der Waals surface area (Å²) in [6.45, 7) is 2.50. The summed E-state index contributed by atoms with van der Waals surface area (Å²) < 4.78 is 5.38. The van der Waals surface area contributed by atoms with E-state index in [-0.39, 0.29) is 22.4 Å². The molecule has 2 aliphatic rings. The molecule has 0 aliphatic carbocycles. The molecule has 8 nitrogen and oxygen atoms in total. The lowest BCUT2D eigenvalue weighted by molar-refractivity contribution is -0.384. The van der Waals surface area contributed by atoms with Crippen molar-refractivity contribution < 1.29 is 19.2 Å². The third-order valence-corrected chi connectivity index (χ3v) is 6.15. The standard InChI is InChI=1S/C21H18ClN3O5S/c22-16-3-1-14(2-4-16)13-24-20(26)19(31-21(24)27)12-15-11-17(25(28)29)5-6-18(15)23-7-9-30-10-8-23/h1-6,11-12H,7-10,13H2/b19-12-. The van der Waals surface area contributed by atoms with Crippen LogP contribution in [-0.4, -0.2) is 47.3 Å². The van der Waals surface area contributed by atoms with Gasteiger partial charge in [-0.25, -0.2) is 0 Å². The molecule has 0 aromatic heterocycles. The fourth-order valence-corrected chi connectivity index (χ4v) is 4.37. The number of thioether (sulfide) groups is 1. The van der Waals surface area contributed by atoms with E-state index in [0.717, 1.165) is 27.9 Å². The topological polar surface area (TPSA) is 93.0 Å². The molecule has 2 aliphatic heterocycles.